The number of nitrogens with zero attached hydrogens (tertiary/aromatic N) is 3. The average Bonchev–Trinajstić information content (AvgIpc) is 2.45. The number of carboxylic acid groups (broad SMARTS) is 1. The molecule has 5 nitrogen and oxygen atoms in total. The minimum absolute atomic E-state index is 0.504. The lowest BCUT2D eigenvalue weighted by Crippen LogP contribution is -2.13. The number of hydrogen-bond donors (Lipinski definition) is 1. The van der Waals surface area contributed by atoms with Crippen molar-refractivity contribution >= 4 is 5.97 Å². The van der Waals surface area contributed by atoms with Crippen molar-refractivity contribution in [2.24, 2.45) is 7.05 Å². The second-order valence-electron chi connectivity index (χ2n) is 2.92. The van der Waals surface area contributed by atoms with Crippen LogP contribution in [0.25, 0.3) is 0 Å². The molecule has 0 aliphatic heterocycles. The average molecular weight is 183 g/mol. The fraction of sp³-hybridized carbons (Fsp3) is 0.625. The highest BCUT2D eigenvalue weighted by molar-refractivity contribution is 5.74. The third kappa shape index (κ3) is 1.85. The quantitative estimate of drug-likeness (QED) is 0.743. The van der Waals surface area contributed by atoms with E-state index in [1.54, 1.807) is 14.0 Å². The van der Waals surface area contributed by atoms with Crippen LogP contribution in [0.5, 0.6) is 0 Å². The van der Waals surface area contributed by atoms with Crippen LogP contribution in [0.2, 0.25) is 0 Å². The molecule has 1 aromatic rings. The van der Waals surface area contributed by atoms with E-state index in [0.29, 0.717) is 11.6 Å². The van der Waals surface area contributed by atoms with Crippen molar-refractivity contribution < 1.29 is 9.90 Å². The molecule has 1 aromatic heterocycles. The SMILES string of the molecule is CCc1nc(C(C)C(=O)O)n(C)n1. The van der Waals surface area contributed by atoms with E-state index in [4.69, 9.17) is 5.11 Å². The topological polar surface area (TPSA) is 68.0 Å². The van der Waals surface area contributed by atoms with E-state index >= 15 is 0 Å². The van der Waals surface area contributed by atoms with Gasteiger partial charge < -0.3 is 5.11 Å². The molecular weight excluding hydrogens is 170 g/mol. The van der Waals surface area contributed by atoms with Crippen LogP contribution in [0, 0.1) is 0 Å². The molecule has 13 heavy (non-hydrogen) atoms. The first-order chi connectivity index (χ1) is 6.06. The van der Waals surface area contributed by atoms with Gasteiger partial charge in [0.25, 0.3) is 0 Å². The van der Waals surface area contributed by atoms with Gasteiger partial charge in [-0.2, -0.15) is 5.10 Å². The van der Waals surface area contributed by atoms with Crippen molar-refractivity contribution in [3.8, 4) is 0 Å². The molecule has 72 valence electrons. The van der Waals surface area contributed by atoms with E-state index in [1.165, 1.54) is 4.68 Å². The molecular formula is C8H13N3O2. The third-order valence-electron chi connectivity index (χ3n) is 1.91. The van der Waals surface area contributed by atoms with Gasteiger partial charge in [0.15, 0.2) is 5.82 Å². The summed E-state index contributed by atoms with van der Waals surface area (Å²) in [6.07, 6.45) is 0.722. The Morgan fingerprint density at radius 1 is 1.69 bits per heavy atom. The minimum atomic E-state index is -0.877. The Morgan fingerprint density at radius 3 is 2.69 bits per heavy atom. The number of carboxylic acids is 1. The maximum Gasteiger partial charge on any atom is 0.313 e. The van der Waals surface area contributed by atoms with Crippen LogP contribution < -0.4 is 0 Å². The molecule has 5 heteroatoms. The van der Waals surface area contributed by atoms with Gasteiger partial charge >= 0.3 is 5.97 Å². The number of hydrogen-bond acceptors (Lipinski definition) is 3. The number of aliphatic carboxylic acids is 1. The predicted octanol–water partition coefficient (Wildman–Crippen LogP) is 0.566. The third-order valence-corrected chi connectivity index (χ3v) is 1.91. The van der Waals surface area contributed by atoms with Crippen LogP contribution in [0.1, 0.15) is 31.4 Å². The van der Waals surface area contributed by atoms with Gasteiger partial charge in [-0.25, -0.2) is 4.98 Å². The fourth-order valence-electron chi connectivity index (χ4n) is 1.09. The first-order valence-electron chi connectivity index (χ1n) is 4.18. The molecule has 1 atom stereocenters. The molecule has 0 aliphatic rings. The zero-order chi connectivity index (χ0) is 10.0. The number of aryl methyl sites for hydroxylation is 2. The molecule has 0 spiro atoms. The molecule has 0 radical (unpaired) electrons. The van der Waals surface area contributed by atoms with Crippen molar-refractivity contribution in [2.75, 3.05) is 0 Å². The first kappa shape index (κ1) is 9.70. The van der Waals surface area contributed by atoms with Gasteiger partial charge in [-0.15, -0.1) is 0 Å². The lowest BCUT2D eigenvalue weighted by Gasteiger charge is -2.03. The van der Waals surface area contributed by atoms with E-state index in [9.17, 15) is 4.79 Å². The smallest absolute Gasteiger partial charge is 0.313 e. The monoisotopic (exact) mass is 183 g/mol. The molecule has 0 bridgehead atoms. The van der Waals surface area contributed by atoms with Crippen molar-refractivity contribution in [1.29, 1.82) is 0 Å². The lowest BCUT2D eigenvalue weighted by atomic mass is 10.2. The van der Waals surface area contributed by atoms with Crippen molar-refractivity contribution in [2.45, 2.75) is 26.2 Å². The molecule has 1 unspecified atom stereocenters. The Balaban J connectivity index is 3.00. The Hall–Kier alpha value is -1.39. The molecule has 0 saturated heterocycles. The van der Waals surface area contributed by atoms with Gasteiger partial charge in [-0.3, -0.25) is 9.48 Å². The predicted molar refractivity (Wildman–Crippen MR) is 46.4 cm³/mol. The largest absolute Gasteiger partial charge is 0.481 e. The Kier molecular flexibility index (Phi) is 2.65. The highest BCUT2D eigenvalue weighted by atomic mass is 16.4. The van der Waals surface area contributed by atoms with Crippen LogP contribution in [-0.2, 0) is 18.3 Å². The number of rotatable bonds is 3. The van der Waals surface area contributed by atoms with Gasteiger partial charge in [0.05, 0.1) is 0 Å². The Bertz CT molecular complexity index is 319. The molecule has 0 aliphatic carbocycles. The second kappa shape index (κ2) is 3.55. The van der Waals surface area contributed by atoms with E-state index in [-0.39, 0.29) is 0 Å². The molecule has 1 rings (SSSR count). The molecule has 0 fully saturated rings. The van der Waals surface area contributed by atoms with Crippen molar-refractivity contribution in [1.82, 2.24) is 14.8 Å². The van der Waals surface area contributed by atoms with E-state index in [1.807, 2.05) is 6.92 Å². The summed E-state index contributed by atoms with van der Waals surface area (Å²) in [7, 11) is 1.71. The molecule has 0 amide bonds. The van der Waals surface area contributed by atoms with E-state index < -0.39 is 11.9 Å². The van der Waals surface area contributed by atoms with Gasteiger partial charge in [-0.05, 0) is 6.92 Å². The summed E-state index contributed by atoms with van der Waals surface area (Å²) in [6, 6.07) is 0. The summed E-state index contributed by atoms with van der Waals surface area (Å²) in [5, 5.41) is 12.8. The van der Waals surface area contributed by atoms with Crippen LogP contribution in [0.3, 0.4) is 0 Å². The maximum absolute atomic E-state index is 10.7. The minimum Gasteiger partial charge on any atom is -0.481 e. The highest BCUT2D eigenvalue weighted by Crippen LogP contribution is 2.12. The summed E-state index contributed by atoms with van der Waals surface area (Å²) in [5.41, 5.74) is 0. The Morgan fingerprint density at radius 2 is 2.31 bits per heavy atom. The number of aromatic nitrogens is 3. The highest BCUT2D eigenvalue weighted by Gasteiger charge is 2.19. The van der Waals surface area contributed by atoms with Gasteiger partial charge in [0.1, 0.15) is 11.7 Å². The normalized spacial score (nSPS) is 12.8. The van der Waals surface area contributed by atoms with Crippen LogP contribution in [0.15, 0.2) is 0 Å². The maximum atomic E-state index is 10.7. The van der Waals surface area contributed by atoms with Gasteiger partial charge in [-0.1, -0.05) is 6.92 Å². The van der Waals surface area contributed by atoms with Crippen molar-refractivity contribution in [3.05, 3.63) is 11.6 Å². The summed E-state index contributed by atoms with van der Waals surface area (Å²) in [4.78, 5) is 14.8. The van der Waals surface area contributed by atoms with Crippen LogP contribution in [-0.4, -0.2) is 25.8 Å². The van der Waals surface area contributed by atoms with E-state index in [2.05, 4.69) is 10.1 Å². The van der Waals surface area contributed by atoms with Crippen LogP contribution >= 0.6 is 0 Å². The summed E-state index contributed by atoms with van der Waals surface area (Å²) in [6.45, 7) is 3.54. The Labute approximate surface area is 76.4 Å². The summed E-state index contributed by atoms with van der Waals surface area (Å²) >= 11 is 0. The standard InChI is InChI=1S/C8H13N3O2/c1-4-6-9-7(11(3)10-6)5(2)8(12)13/h5H,4H2,1-3H3,(H,12,13). The van der Waals surface area contributed by atoms with Crippen LogP contribution in [0.4, 0.5) is 0 Å². The summed E-state index contributed by atoms with van der Waals surface area (Å²) in [5.74, 6) is -0.286. The number of carbonyl (C=O) groups is 1. The van der Waals surface area contributed by atoms with Crippen molar-refractivity contribution in [3.63, 3.8) is 0 Å². The summed E-state index contributed by atoms with van der Waals surface area (Å²) < 4.78 is 1.53. The molecule has 0 saturated carbocycles. The fourth-order valence-corrected chi connectivity index (χ4v) is 1.09. The van der Waals surface area contributed by atoms with E-state index in [0.717, 1.165) is 6.42 Å². The van der Waals surface area contributed by atoms with Gasteiger partial charge in [0.2, 0.25) is 0 Å². The van der Waals surface area contributed by atoms with Gasteiger partial charge in [0, 0.05) is 13.5 Å². The first-order valence-corrected chi connectivity index (χ1v) is 4.18. The lowest BCUT2D eigenvalue weighted by molar-refractivity contribution is -0.138. The molecule has 1 heterocycles. The molecule has 1 N–H and O–H groups in total. The molecule has 0 aromatic carbocycles. The zero-order valence-electron chi connectivity index (χ0n) is 7.98. The zero-order valence-corrected chi connectivity index (χ0v) is 7.98. The second-order valence-corrected chi connectivity index (χ2v) is 2.92.